The second-order valence-electron chi connectivity index (χ2n) is 7.37. The van der Waals surface area contributed by atoms with Crippen LogP contribution in [0.2, 0.25) is 0 Å². The van der Waals surface area contributed by atoms with Crippen LogP contribution < -0.4 is 19.5 Å². The highest BCUT2D eigenvalue weighted by Gasteiger charge is 2.35. The Morgan fingerprint density at radius 2 is 1.70 bits per heavy atom. The monoisotopic (exact) mass is 375 g/mol. The predicted molar refractivity (Wildman–Crippen MR) is 108 cm³/mol. The number of methoxy groups -OCH3 is 3. The van der Waals surface area contributed by atoms with E-state index in [1.807, 2.05) is 12.1 Å². The van der Waals surface area contributed by atoms with Crippen molar-refractivity contribution in [1.82, 2.24) is 10.2 Å². The molecule has 1 aromatic rings. The van der Waals surface area contributed by atoms with Gasteiger partial charge in [-0.1, -0.05) is 12.8 Å². The minimum Gasteiger partial charge on any atom is -0.493 e. The molecular formula is C21H33N3O3. The van der Waals surface area contributed by atoms with E-state index in [-0.39, 0.29) is 0 Å². The molecule has 0 aromatic heterocycles. The first-order chi connectivity index (χ1) is 13.2. The largest absolute Gasteiger partial charge is 0.493 e. The van der Waals surface area contributed by atoms with Gasteiger partial charge in [-0.25, -0.2) is 4.99 Å². The third kappa shape index (κ3) is 4.25. The number of hydrogen-bond acceptors (Lipinski definition) is 4. The van der Waals surface area contributed by atoms with Crippen LogP contribution in [0.25, 0.3) is 0 Å². The van der Waals surface area contributed by atoms with Crippen LogP contribution in [0.3, 0.4) is 0 Å². The van der Waals surface area contributed by atoms with Crippen molar-refractivity contribution in [2.45, 2.75) is 39.2 Å². The number of hydrogen-bond donors (Lipinski definition) is 1. The van der Waals surface area contributed by atoms with Gasteiger partial charge in [0.1, 0.15) is 0 Å². The summed E-state index contributed by atoms with van der Waals surface area (Å²) >= 11 is 0. The van der Waals surface area contributed by atoms with E-state index in [1.54, 1.807) is 21.3 Å². The maximum absolute atomic E-state index is 5.60. The number of benzene rings is 1. The molecule has 2 atom stereocenters. The van der Waals surface area contributed by atoms with E-state index >= 15 is 0 Å². The highest BCUT2D eigenvalue weighted by atomic mass is 16.5. The normalized spacial score (nSPS) is 22.4. The molecule has 1 aromatic carbocycles. The molecule has 1 saturated heterocycles. The zero-order valence-corrected chi connectivity index (χ0v) is 17.1. The number of nitrogens with one attached hydrogen (secondary N) is 1. The van der Waals surface area contributed by atoms with Gasteiger partial charge in [0, 0.05) is 25.2 Å². The van der Waals surface area contributed by atoms with Crippen LogP contribution in [0.4, 0.5) is 0 Å². The van der Waals surface area contributed by atoms with Gasteiger partial charge in [-0.3, -0.25) is 0 Å². The molecule has 2 aliphatic rings. The van der Waals surface area contributed by atoms with Gasteiger partial charge in [0.05, 0.1) is 27.9 Å². The lowest BCUT2D eigenvalue weighted by atomic mass is 9.82. The van der Waals surface area contributed by atoms with Crippen LogP contribution in [0, 0.1) is 11.8 Å². The number of nitrogens with zero attached hydrogens (tertiary/aromatic N) is 2. The molecule has 2 unspecified atom stereocenters. The Morgan fingerprint density at radius 1 is 1.04 bits per heavy atom. The van der Waals surface area contributed by atoms with Gasteiger partial charge in [-0.05, 0) is 43.7 Å². The fourth-order valence-corrected chi connectivity index (χ4v) is 4.45. The average molecular weight is 376 g/mol. The minimum atomic E-state index is 0.539. The summed E-state index contributed by atoms with van der Waals surface area (Å²) < 4.78 is 16.5. The first kappa shape index (κ1) is 19.6. The fourth-order valence-electron chi connectivity index (χ4n) is 4.45. The fraction of sp³-hybridized carbons (Fsp3) is 0.667. The molecular weight excluding hydrogens is 342 g/mol. The van der Waals surface area contributed by atoms with E-state index < -0.39 is 0 Å². The molecule has 0 amide bonds. The molecule has 1 N–H and O–H groups in total. The van der Waals surface area contributed by atoms with E-state index in [1.165, 1.54) is 25.7 Å². The average Bonchev–Trinajstić information content (AvgIpc) is 3.14. The number of rotatable bonds is 6. The maximum atomic E-state index is 5.60. The topological polar surface area (TPSA) is 55.3 Å². The number of likely N-dealkylation sites (tertiary alicyclic amines) is 1. The smallest absolute Gasteiger partial charge is 0.203 e. The van der Waals surface area contributed by atoms with Gasteiger partial charge in [-0.15, -0.1) is 0 Å². The van der Waals surface area contributed by atoms with Crippen molar-refractivity contribution < 1.29 is 14.2 Å². The summed E-state index contributed by atoms with van der Waals surface area (Å²) in [6.45, 7) is 5.78. The third-order valence-electron chi connectivity index (χ3n) is 5.80. The number of fused-ring (bicyclic) bond motifs is 1. The Morgan fingerprint density at radius 3 is 2.26 bits per heavy atom. The van der Waals surface area contributed by atoms with Gasteiger partial charge >= 0.3 is 0 Å². The molecule has 0 spiro atoms. The standard InChI is InChI=1S/C21H33N3O3/c1-5-22-21(24-13-16-8-6-7-9-17(16)14-24)23-12-15-10-11-18(25-2)20(27-4)19(15)26-3/h10-11,16-17H,5-9,12-14H2,1-4H3,(H,22,23). The Hall–Kier alpha value is -2.11. The van der Waals surface area contributed by atoms with E-state index in [0.29, 0.717) is 23.8 Å². The van der Waals surface area contributed by atoms with Crippen molar-refractivity contribution >= 4 is 5.96 Å². The summed E-state index contributed by atoms with van der Waals surface area (Å²) in [6, 6.07) is 3.90. The molecule has 6 heteroatoms. The molecule has 0 radical (unpaired) electrons. The maximum Gasteiger partial charge on any atom is 0.203 e. The zero-order chi connectivity index (χ0) is 19.2. The van der Waals surface area contributed by atoms with Crippen molar-refractivity contribution in [3.05, 3.63) is 17.7 Å². The van der Waals surface area contributed by atoms with Crippen LogP contribution >= 0.6 is 0 Å². The van der Waals surface area contributed by atoms with Gasteiger partial charge < -0.3 is 24.4 Å². The van der Waals surface area contributed by atoms with Gasteiger partial charge in [0.2, 0.25) is 5.75 Å². The lowest BCUT2D eigenvalue weighted by molar-refractivity contribution is 0.299. The molecule has 1 saturated carbocycles. The molecule has 2 fully saturated rings. The van der Waals surface area contributed by atoms with Crippen molar-refractivity contribution in [2.75, 3.05) is 41.0 Å². The van der Waals surface area contributed by atoms with E-state index in [0.717, 1.165) is 43.0 Å². The van der Waals surface area contributed by atoms with Gasteiger partial charge in [0.15, 0.2) is 17.5 Å². The molecule has 27 heavy (non-hydrogen) atoms. The third-order valence-corrected chi connectivity index (χ3v) is 5.80. The lowest BCUT2D eigenvalue weighted by Gasteiger charge is -2.22. The van der Waals surface area contributed by atoms with E-state index in [2.05, 4.69) is 17.1 Å². The lowest BCUT2D eigenvalue weighted by Crippen LogP contribution is -2.40. The summed E-state index contributed by atoms with van der Waals surface area (Å²) in [7, 11) is 4.91. The highest BCUT2D eigenvalue weighted by Crippen LogP contribution is 2.40. The summed E-state index contributed by atoms with van der Waals surface area (Å²) in [6.07, 6.45) is 5.49. The molecule has 6 nitrogen and oxygen atoms in total. The van der Waals surface area contributed by atoms with Crippen molar-refractivity contribution in [3.63, 3.8) is 0 Å². The van der Waals surface area contributed by atoms with Crippen molar-refractivity contribution in [2.24, 2.45) is 16.8 Å². The number of guanidine groups is 1. The van der Waals surface area contributed by atoms with Crippen LogP contribution in [0.15, 0.2) is 17.1 Å². The van der Waals surface area contributed by atoms with Crippen LogP contribution in [0.5, 0.6) is 17.2 Å². The molecule has 150 valence electrons. The highest BCUT2D eigenvalue weighted by molar-refractivity contribution is 5.80. The number of aliphatic imine (C=N–C) groups is 1. The quantitative estimate of drug-likeness (QED) is 0.611. The summed E-state index contributed by atoms with van der Waals surface area (Å²) in [5.41, 5.74) is 0.988. The van der Waals surface area contributed by atoms with Crippen LogP contribution in [0.1, 0.15) is 38.2 Å². The first-order valence-electron chi connectivity index (χ1n) is 10.0. The molecule has 1 aliphatic carbocycles. The summed E-state index contributed by atoms with van der Waals surface area (Å²) in [5.74, 6) is 4.63. The molecule has 1 heterocycles. The van der Waals surface area contributed by atoms with Crippen LogP contribution in [-0.2, 0) is 6.54 Å². The zero-order valence-electron chi connectivity index (χ0n) is 17.1. The van der Waals surface area contributed by atoms with Crippen molar-refractivity contribution in [3.8, 4) is 17.2 Å². The molecule has 3 rings (SSSR count). The second kappa shape index (κ2) is 9.20. The number of ether oxygens (including phenoxy) is 3. The molecule has 0 bridgehead atoms. The first-order valence-corrected chi connectivity index (χ1v) is 10.0. The van der Waals surface area contributed by atoms with Crippen molar-refractivity contribution in [1.29, 1.82) is 0 Å². The summed E-state index contributed by atoms with van der Waals surface area (Å²) in [4.78, 5) is 7.36. The Labute approximate surface area is 162 Å². The van der Waals surface area contributed by atoms with Crippen LogP contribution in [-0.4, -0.2) is 51.8 Å². The van der Waals surface area contributed by atoms with E-state index in [9.17, 15) is 0 Å². The minimum absolute atomic E-state index is 0.539. The Bertz CT molecular complexity index is 648. The Kier molecular flexibility index (Phi) is 6.69. The SMILES string of the molecule is CCNC(=NCc1ccc(OC)c(OC)c1OC)N1CC2CCCCC2C1. The summed E-state index contributed by atoms with van der Waals surface area (Å²) in [5, 5.41) is 3.47. The molecule has 1 aliphatic heterocycles. The van der Waals surface area contributed by atoms with Gasteiger partial charge in [-0.2, -0.15) is 0 Å². The van der Waals surface area contributed by atoms with Gasteiger partial charge in [0.25, 0.3) is 0 Å². The second-order valence-corrected chi connectivity index (χ2v) is 7.37. The Balaban J connectivity index is 1.79. The predicted octanol–water partition coefficient (Wildman–Crippen LogP) is 3.30. The van der Waals surface area contributed by atoms with E-state index in [4.69, 9.17) is 19.2 Å².